The van der Waals surface area contributed by atoms with Crippen LogP contribution in [0.5, 0.6) is 0 Å². The van der Waals surface area contributed by atoms with E-state index in [1.807, 2.05) is 6.92 Å². The van der Waals surface area contributed by atoms with Crippen LogP contribution < -0.4 is 5.73 Å². The number of aryl methyl sites for hydroxylation is 2. The molecule has 14 heavy (non-hydrogen) atoms. The molecule has 5 heteroatoms. The minimum Gasteiger partial charge on any atom is -0.328 e. The highest BCUT2D eigenvalue weighted by Gasteiger charge is 2.17. The van der Waals surface area contributed by atoms with E-state index in [1.54, 1.807) is 13.2 Å². The summed E-state index contributed by atoms with van der Waals surface area (Å²) in [6, 6.07) is 0.0285. The lowest BCUT2D eigenvalue weighted by molar-refractivity contribution is 0.144. The highest BCUT2D eigenvalue weighted by Crippen LogP contribution is 2.22. The lowest BCUT2D eigenvalue weighted by Gasteiger charge is -2.04. The van der Waals surface area contributed by atoms with Crippen LogP contribution in [0, 0.1) is 0 Å². The lowest BCUT2D eigenvalue weighted by Crippen LogP contribution is -2.15. The third kappa shape index (κ3) is 2.77. The number of aromatic nitrogens is 2. The molecule has 0 bridgehead atoms. The van der Waals surface area contributed by atoms with Gasteiger partial charge in [-0.05, 0) is 25.3 Å². The van der Waals surface area contributed by atoms with E-state index in [9.17, 15) is 8.78 Å². The smallest absolute Gasteiger partial charge is 0.282 e. The SMILES string of the molecule is C[C@H](N)CCc1cn(C)nc1C(F)F. The minimum atomic E-state index is -2.50. The molecule has 1 atom stereocenters. The second kappa shape index (κ2) is 4.50. The summed E-state index contributed by atoms with van der Waals surface area (Å²) in [5.74, 6) is 0. The van der Waals surface area contributed by atoms with Crippen LogP contribution in [0.25, 0.3) is 0 Å². The molecule has 0 aliphatic carbocycles. The monoisotopic (exact) mass is 203 g/mol. The summed E-state index contributed by atoms with van der Waals surface area (Å²) in [4.78, 5) is 0. The van der Waals surface area contributed by atoms with Gasteiger partial charge in [0.15, 0.2) is 0 Å². The lowest BCUT2D eigenvalue weighted by atomic mass is 10.1. The summed E-state index contributed by atoms with van der Waals surface area (Å²) in [6.07, 6.45) is 0.389. The quantitative estimate of drug-likeness (QED) is 0.808. The van der Waals surface area contributed by atoms with Crippen LogP contribution in [-0.2, 0) is 13.5 Å². The molecule has 0 unspecified atom stereocenters. The van der Waals surface area contributed by atoms with Crippen LogP contribution >= 0.6 is 0 Å². The molecule has 80 valence electrons. The summed E-state index contributed by atoms with van der Waals surface area (Å²) in [5.41, 5.74) is 6.04. The highest BCUT2D eigenvalue weighted by atomic mass is 19.3. The average Bonchev–Trinajstić information content (AvgIpc) is 2.43. The largest absolute Gasteiger partial charge is 0.328 e. The van der Waals surface area contributed by atoms with Crippen molar-refractivity contribution in [1.29, 1.82) is 0 Å². The molecular formula is C9H15F2N3. The Morgan fingerprint density at radius 2 is 2.21 bits per heavy atom. The minimum absolute atomic E-state index is 0.0285. The third-order valence-electron chi connectivity index (χ3n) is 2.01. The van der Waals surface area contributed by atoms with Gasteiger partial charge in [0, 0.05) is 19.3 Å². The number of nitrogens with zero attached hydrogens (tertiary/aromatic N) is 2. The molecule has 1 heterocycles. The van der Waals surface area contributed by atoms with Gasteiger partial charge in [-0.3, -0.25) is 4.68 Å². The zero-order valence-corrected chi connectivity index (χ0v) is 8.37. The first-order valence-electron chi connectivity index (χ1n) is 4.57. The van der Waals surface area contributed by atoms with Gasteiger partial charge in [-0.15, -0.1) is 0 Å². The van der Waals surface area contributed by atoms with Gasteiger partial charge in [-0.25, -0.2) is 8.78 Å². The van der Waals surface area contributed by atoms with Crippen molar-refractivity contribution >= 4 is 0 Å². The Morgan fingerprint density at radius 3 is 2.71 bits per heavy atom. The summed E-state index contributed by atoms with van der Waals surface area (Å²) in [5, 5.41) is 3.71. The van der Waals surface area contributed by atoms with Gasteiger partial charge < -0.3 is 5.73 Å². The Kier molecular flexibility index (Phi) is 3.57. The molecule has 0 amide bonds. The number of hydrogen-bond acceptors (Lipinski definition) is 2. The normalized spacial score (nSPS) is 13.6. The number of hydrogen-bond donors (Lipinski definition) is 1. The maximum absolute atomic E-state index is 12.5. The van der Waals surface area contributed by atoms with E-state index in [-0.39, 0.29) is 11.7 Å². The summed E-state index contributed by atoms with van der Waals surface area (Å²) < 4.78 is 26.3. The van der Waals surface area contributed by atoms with Crippen molar-refractivity contribution in [2.24, 2.45) is 12.8 Å². The molecule has 0 spiro atoms. The number of alkyl halides is 2. The maximum atomic E-state index is 12.5. The van der Waals surface area contributed by atoms with Crippen LogP contribution in [0.4, 0.5) is 8.78 Å². The molecule has 0 aliphatic rings. The first-order chi connectivity index (χ1) is 6.50. The standard InChI is InChI=1S/C9H15F2N3/c1-6(12)3-4-7-5-14(2)13-8(7)9(10)11/h5-6,9H,3-4,12H2,1-2H3/t6-/m0/s1. The van der Waals surface area contributed by atoms with E-state index in [1.165, 1.54) is 4.68 Å². The van der Waals surface area contributed by atoms with Crippen molar-refractivity contribution in [3.8, 4) is 0 Å². The van der Waals surface area contributed by atoms with Crippen LogP contribution in [0.2, 0.25) is 0 Å². The fourth-order valence-corrected chi connectivity index (χ4v) is 1.31. The van der Waals surface area contributed by atoms with Crippen molar-refractivity contribution in [2.75, 3.05) is 0 Å². The molecule has 1 aromatic rings. The van der Waals surface area contributed by atoms with Gasteiger partial charge in [0.05, 0.1) is 0 Å². The van der Waals surface area contributed by atoms with Gasteiger partial charge in [0.1, 0.15) is 5.69 Å². The Balaban J connectivity index is 2.74. The van der Waals surface area contributed by atoms with Crippen molar-refractivity contribution in [3.05, 3.63) is 17.5 Å². The van der Waals surface area contributed by atoms with Crippen LogP contribution in [-0.4, -0.2) is 15.8 Å². The van der Waals surface area contributed by atoms with Crippen molar-refractivity contribution < 1.29 is 8.78 Å². The van der Waals surface area contributed by atoms with Crippen LogP contribution in [0.1, 0.15) is 31.0 Å². The Morgan fingerprint density at radius 1 is 1.57 bits per heavy atom. The van der Waals surface area contributed by atoms with Gasteiger partial charge in [0.25, 0.3) is 6.43 Å². The molecule has 1 rings (SSSR count). The molecule has 2 N–H and O–H groups in total. The molecular weight excluding hydrogens is 188 g/mol. The van der Waals surface area contributed by atoms with Gasteiger partial charge in [0.2, 0.25) is 0 Å². The zero-order valence-electron chi connectivity index (χ0n) is 8.37. The van der Waals surface area contributed by atoms with E-state index in [0.717, 1.165) is 0 Å². The molecule has 1 aromatic heterocycles. The van der Waals surface area contributed by atoms with E-state index in [0.29, 0.717) is 18.4 Å². The predicted molar refractivity (Wildman–Crippen MR) is 50.1 cm³/mol. The van der Waals surface area contributed by atoms with Crippen molar-refractivity contribution in [3.63, 3.8) is 0 Å². The maximum Gasteiger partial charge on any atom is 0.282 e. The fourth-order valence-electron chi connectivity index (χ4n) is 1.31. The number of nitrogens with two attached hydrogens (primary N) is 1. The Hall–Kier alpha value is -0.970. The van der Waals surface area contributed by atoms with E-state index in [4.69, 9.17) is 5.73 Å². The van der Waals surface area contributed by atoms with Gasteiger partial charge in [-0.1, -0.05) is 0 Å². The van der Waals surface area contributed by atoms with E-state index >= 15 is 0 Å². The van der Waals surface area contributed by atoms with E-state index in [2.05, 4.69) is 5.10 Å². The summed E-state index contributed by atoms with van der Waals surface area (Å²) >= 11 is 0. The second-order valence-electron chi connectivity index (χ2n) is 3.53. The summed E-state index contributed by atoms with van der Waals surface area (Å²) in [6.45, 7) is 1.86. The summed E-state index contributed by atoms with van der Waals surface area (Å²) in [7, 11) is 1.64. The first-order valence-corrected chi connectivity index (χ1v) is 4.57. The van der Waals surface area contributed by atoms with Crippen molar-refractivity contribution in [2.45, 2.75) is 32.2 Å². The average molecular weight is 203 g/mol. The fraction of sp³-hybridized carbons (Fsp3) is 0.667. The molecule has 0 fully saturated rings. The molecule has 0 saturated carbocycles. The van der Waals surface area contributed by atoms with Crippen LogP contribution in [0.15, 0.2) is 6.20 Å². The molecule has 0 saturated heterocycles. The predicted octanol–water partition coefficient (Wildman–Crippen LogP) is 1.64. The molecule has 0 radical (unpaired) electrons. The van der Waals surface area contributed by atoms with Gasteiger partial charge >= 0.3 is 0 Å². The molecule has 0 aromatic carbocycles. The Labute approximate surface area is 81.9 Å². The van der Waals surface area contributed by atoms with Crippen molar-refractivity contribution in [1.82, 2.24) is 9.78 Å². The second-order valence-corrected chi connectivity index (χ2v) is 3.53. The topological polar surface area (TPSA) is 43.8 Å². The highest BCUT2D eigenvalue weighted by molar-refractivity contribution is 5.18. The van der Waals surface area contributed by atoms with Gasteiger partial charge in [-0.2, -0.15) is 5.10 Å². The molecule has 0 aliphatic heterocycles. The zero-order chi connectivity index (χ0) is 10.7. The number of halogens is 2. The first kappa shape index (κ1) is 11.1. The number of rotatable bonds is 4. The van der Waals surface area contributed by atoms with Crippen LogP contribution in [0.3, 0.4) is 0 Å². The third-order valence-corrected chi connectivity index (χ3v) is 2.01. The van der Waals surface area contributed by atoms with E-state index < -0.39 is 6.43 Å². The Bertz CT molecular complexity index is 294. The molecule has 3 nitrogen and oxygen atoms in total.